The van der Waals surface area contributed by atoms with Crippen molar-refractivity contribution in [3.8, 4) is 0 Å². The summed E-state index contributed by atoms with van der Waals surface area (Å²) in [5.74, 6) is -0.414. The van der Waals surface area contributed by atoms with Crippen molar-refractivity contribution in [2.75, 3.05) is 45.6 Å². The lowest BCUT2D eigenvalue weighted by molar-refractivity contribution is -0.145. The fourth-order valence-electron chi connectivity index (χ4n) is 1.85. The maximum atomic E-state index is 11.4. The van der Waals surface area contributed by atoms with Gasteiger partial charge in [0.2, 0.25) is 10.0 Å². The third-order valence-corrected chi connectivity index (χ3v) is 4.15. The fraction of sp³-hybridized carbons (Fsp3) is 0.900. The van der Waals surface area contributed by atoms with E-state index in [1.807, 2.05) is 4.90 Å². The highest BCUT2D eigenvalue weighted by Crippen LogP contribution is 2.06. The number of ether oxygens (including phenoxy) is 1. The molecule has 1 atom stereocenters. The molecule has 0 aromatic carbocycles. The molecule has 0 aliphatic carbocycles. The van der Waals surface area contributed by atoms with Crippen LogP contribution in [-0.4, -0.2) is 75.2 Å². The molecule has 0 aromatic heterocycles. The summed E-state index contributed by atoms with van der Waals surface area (Å²) in [5, 5.41) is 0. The van der Waals surface area contributed by atoms with Crippen LogP contribution in [0.5, 0.6) is 0 Å². The molecule has 1 rings (SSSR count). The zero-order valence-electron chi connectivity index (χ0n) is 10.8. The third kappa shape index (κ3) is 4.52. The van der Waals surface area contributed by atoms with Crippen molar-refractivity contribution in [2.45, 2.75) is 13.0 Å². The Bertz CT molecular complexity index is 377. The van der Waals surface area contributed by atoms with Crippen molar-refractivity contribution >= 4 is 16.0 Å². The molecule has 1 saturated heterocycles. The van der Waals surface area contributed by atoms with Crippen molar-refractivity contribution in [1.82, 2.24) is 9.21 Å². The first-order chi connectivity index (χ1) is 8.34. The summed E-state index contributed by atoms with van der Waals surface area (Å²) >= 11 is 0. The van der Waals surface area contributed by atoms with Crippen LogP contribution >= 0.6 is 0 Å². The quantitative estimate of drug-likeness (QED) is 0.613. The van der Waals surface area contributed by atoms with Gasteiger partial charge in [0.15, 0.2) is 0 Å². The number of carbonyl (C=O) groups is 1. The molecule has 18 heavy (non-hydrogen) atoms. The topological polar surface area (TPSA) is 92.9 Å². The number of hydrogen-bond acceptors (Lipinski definition) is 6. The summed E-state index contributed by atoms with van der Waals surface area (Å²) in [7, 11) is -3.12. The fourth-order valence-corrected chi connectivity index (χ4v) is 2.67. The first-order valence-corrected chi connectivity index (χ1v) is 7.79. The van der Waals surface area contributed by atoms with Crippen LogP contribution in [0.2, 0.25) is 0 Å². The zero-order chi connectivity index (χ0) is 13.8. The summed E-state index contributed by atoms with van der Waals surface area (Å²) < 4.78 is 28.9. The zero-order valence-corrected chi connectivity index (χ0v) is 11.6. The highest BCUT2D eigenvalue weighted by atomic mass is 32.2. The minimum atomic E-state index is -3.12. The maximum Gasteiger partial charge on any atom is 0.324 e. The minimum Gasteiger partial charge on any atom is -0.465 e. The largest absolute Gasteiger partial charge is 0.465 e. The van der Waals surface area contributed by atoms with Gasteiger partial charge in [-0.1, -0.05) is 0 Å². The van der Waals surface area contributed by atoms with E-state index in [0.717, 1.165) is 0 Å². The second-order valence-electron chi connectivity index (χ2n) is 4.32. The summed E-state index contributed by atoms with van der Waals surface area (Å²) in [4.78, 5) is 13.3. The summed E-state index contributed by atoms with van der Waals surface area (Å²) in [5.41, 5.74) is 5.71. The predicted molar refractivity (Wildman–Crippen MR) is 67.5 cm³/mol. The molecule has 0 radical (unpaired) electrons. The molecular weight excluding hydrogens is 258 g/mol. The van der Waals surface area contributed by atoms with Gasteiger partial charge in [0.1, 0.15) is 6.04 Å². The second kappa shape index (κ2) is 6.46. The maximum absolute atomic E-state index is 11.4. The van der Waals surface area contributed by atoms with Crippen LogP contribution in [0, 0.1) is 0 Å². The van der Waals surface area contributed by atoms with E-state index in [1.165, 1.54) is 10.6 Å². The predicted octanol–water partition coefficient (Wildman–Crippen LogP) is -1.55. The number of rotatable bonds is 5. The highest BCUT2D eigenvalue weighted by molar-refractivity contribution is 7.88. The van der Waals surface area contributed by atoms with Gasteiger partial charge >= 0.3 is 5.97 Å². The molecule has 2 N–H and O–H groups in total. The molecule has 0 amide bonds. The van der Waals surface area contributed by atoms with E-state index in [-0.39, 0.29) is 0 Å². The average molecular weight is 279 g/mol. The number of sulfonamides is 1. The standard InChI is InChI=1S/C10H21N3O4S/c1-3-17-10(14)9(11)8-12-4-6-13(7-5-12)18(2,15)16/h9H,3-8,11H2,1-2H3. The third-order valence-electron chi connectivity index (χ3n) is 2.84. The van der Waals surface area contributed by atoms with Crippen LogP contribution in [0.4, 0.5) is 0 Å². The second-order valence-corrected chi connectivity index (χ2v) is 6.30. The molecule has 0 aromatic rings. The average Bonchev–Trinajstić information content (AvgIpc) is 2.28. The molecule has 1 unspecified atom stereocenters. The number of carbonyl (C=O) groups excluding carboxylic acids is 1. The Morgan fingerprint density at radius 2 is 1.89 bits per heavy atom. The number of hydrogen-bond donors (Lipinski definition) is 1. The molecule has 0 bridgehead atoms. The van der Waals surface area contributed by atoms with Gasteiger partial charge in [-0.25, -0.2) is 8.42 Å². The van der Waals surface area contributed by atoms with Crippen LogP contribution < -0.4 is 5.73 Å². The van der Waals surface area contributed by atoms with Crippen LogP contribution in [0.25, 0.3) is 0 Å². The van der Waals surface area contributed by atoms with Crippen LogP contribution in [0.15, 0.2) is 0 Å². The van der Waals surface area contributed by atoms with Crippen molar-refractivity contribution in [1.29, 1.82) is 0 Å². The van der Waals surface area contributed by atoms with Gasteiger partial charge < -0.3 is 10.5 Å². The molecule has 0 spiro atoms. The first-order valence-electron chi connectivity index (χ1n) is 5.94. The van der Waals surface area contributed by atoms with Crippen molar-refractivity contribution in [3.05, 3.63) is 0 Å². The van der Waals surface area contributed by atoms with Gasteiger partial charge in [0.25, 0.3) is 0 Å². The Labute approximate surface area is 108 Å². The Morgan fingerprint density at radius 1 is 1.33 bits per heavy atom. The summed E-state index contributed by atoms with van der Waals surface area (Å²) in [6.45, 7) is 4.49. The molecule has 1 fully saturated rings. The van der Waals surface area contributed by atoms with E-state index in [9.17, 15) is 13.2 Å². The number of nitrogens with zero attached hydrogens (tertiary/aromatic N) is 2. The Hall–Kier alpha value is -0.700. The lowest BCUT2D eigenvalue weighted by Crippen LogP contribution is -2.52. The SMILES string of the molecule is CCOC(=O)C(N)CN1CCN(S(C)(=O)=O)CC1. The molecule has 1 heterocycles. The molecule has 1 aliphatic heterocycles. The van der Waals surface area contributed by atoms with Gasteiger partial charge in [-0.05, 0) is 6.92 Å². The molecule has 1 aliphatic rings. The lowest BCUT2D eigenvalue weighted by Gasteiger charge is -2.34. The lowest BCUT2D eigenvalue weighted by atomic mass is 10.2. The Kier molecular flexibility index (Phi) is 5.51. The Balaban J connectivity index is 2.38. The smallest absolute Gasteiger partial charge is 0.324 e. The normalized spacial score (nSPS) is 20.6. The van der Waals surface area contributed by atoms with Gasteiger partial charge in [0, 0.05) is 32.7 Å². The van der Waals surface area contributed by atoms with Crippen molar-refractivity contribution in [3.63, 3.8) is 0 Å². The van der Waals surface area contributed by atoms with E-state index in [0.29, 0.717) is 39.3 Å². The number of esters is 1. The van der Waals surface area contributed by atoms with E-state index in [4.69, 9.17) is 10.5 Å². The molecule has 0 saturated carbocycles. The first kappa shape index (κ1) is 15.4. The van der Waals surface area contributed by atoms with Gasteiger partial charge in [0.05, 0.1) is 12.9 Å². The van der Waals surface area contributed by atoms with Crippen molar-refractivity contribution in [2.24, 2.45) is 5.73 Å². The highest BCUT2D eigenvalue weighted by Gasteiger charge is 2.26. The molecule has 8 heteroatoms. The van der Waals surface area contributed by atoms with Crippen LogP contribution in [0.1, 0.15) is 6.92 Å². The van der Waals surface area contributed by atoms with Gasteiger partial charge in [-0.15, -0.1) is 0 Å². The van der Waals surface area contributed by atoms with Crippen LogP contribution in [0.3, 0.4) is 0 Å². The van der Waals surface area contributed by atoms with E-state index >= 15 is 0 Å². The van der Waals surface area contributed by atoms with Gasteiger partial charge in [-0.2, -0.15) is 4.31 Å². The summed E-state index contributed by atoms with van der Waals surface area (Å²) in [6, 6.07) is -0.672. The van der Waals surface area contributed by atoms with E-state index < -0.39 is 22.0 Å². The van der Waals surface area contributed by atoms with Gasteiger partial charge in [-0.3, -0.25) is 9.69 Å². The molecular formula is C10H21N3O4S. The monoisotopic (exact) mass is 279 g/mol. The molecule has 106 valence electrons. The summed E-state index contributed by atoms with van der Waals surface area (Å²) in [6.07, 6.45) is 1.20. The molecule has 7 nitrogen and oxygen atoms in total. The Morgan fingerprint density at radius 3 is 2.33 bits per heavy atom. The number of nitrogens with two attached hydrogens (primary N) is 1. The van der Waals surface area contributed by atoms with Crippen molar-refractivity contribution < 1.29 is 17.9 Å². The van der Waals surface area contributed by atoms with E-state index in [2.05, 4.69) is 0 Å². The number of piperazine rings is 1. The minimum absolute atomic E-state index is 0.314. The van der Waals surface area contributed by atoms with Crippen LogP contribution in [-0.2, 0) is 19.6 Å². The van der Waals surface area contributed by atoms with E-state index in [1.54, 1.807) is 6.92 Å².